The summed E-state index contributed by atoms with van der Waals surface area (Å²) < 4.78 is 6.39. The number of anilines is 1. The summed E-state index contributed by atoms with van der Waals surface area (Å²) in [6.45, 7) is 4.23. The average Bonchev–Trinajstić information content (AvgIpc) is 3.24. The number of amides is 1. The van der Waals surface area contributed by atoms with E-state index < -0.39 is 11.5 Å². The molecule has 2 aromatic carbocycles. The molecule has 5 rings (SSSR count). The maximum absolute atomic E-state index is 13.6. The highest BCUT2D eigenvalue weighted by atomic mass is 32.1. The molecule has 0 spiro atoms. The lowest BCUT2D eigenvalue weighted by Gasteiger charge is -2.19. The van der Waals surface area contributed by atoms with Gasteiger partial charge < -0.3 is 4.42 Å². The second kappa shape index (κ2) is 8.01. The smallest absolute Gasteiger partial charge is 0.349 e. The van der Waals surface area contributed by atoms with Crippen molar-refractivity contribution in [1.82, 2.24) is 9.97 Å². The van der Waals surface area contributed by atoms with Crippen molar-refractivity contribution >= 4 is 43.6 Å². The molecule has 0 radical (unpaired) electrons. The number of para-hydroxylation sites is 1. The number of rotatable bonds is 4. The number of aromatic nitrogens is 2. The van der Waals surface area contributed by atoms with Crippen LogP contribution in [0.3, 0.4) is 0 Å². The van der Waals surface area contributed by atoms with Gasteiger partial charge in [-0.05, 0) is 55.3 Å². The van der Waals surface area contributed by atoms with E-state index in [4.69, 9.17) is 9.40 Å². The molecule has 0 aliphatic carbocycles. The van der Waals surface area contributed by atoms with Gasteiger partial charge in [-0.3, -0.25) is 14.7 Å². The molecule has 0 unspecified atom stereocenters. The van der Waals surface area contributed by atoms with Crippen LogP contribution in [0.25, 0.3) is 21.2 Å². The second-order valence-corrected chi connectivity index (χ2v) is 8.56. The lowest BCUT2D eigenvalue weighted by Crippen LogP contribution is -2.34. The van der Waals surface area contributed by atoms with E-state index in [0.717, 1.165) is 21.3 Å². The predicted molar refractivity (Wildman–Crippen MR) is 126 cm³/mol. The Morgan fingerprint density at radius 2 is 1.88 bits per heavy atom. The Labute approximate surface area is 187 Å². The lowest BCUT2D eigenvalue weighted by molar-refractivity contribution is 0.0981. The molecule has 0 fully saturated rings. The van der Waals surface area contributed by atoms with E-state index >= 15 is 0 Å². The second-order valence-electron chi connectivity index (χ2n) is 7.55. The van der Waals surface area contributed by atoms with Crippen LogP contribution in [0.4, 0.5) is 5.13 Å². The van der Waals surface area contributed by atoms with Gasteiger partial charge >= 0.3 is 5.63 Å². The Bertz CT molecular complexity index is 1520. The van der Waals surface area contributed by atoms with Gasteiger partial charge in [0.25, 0.3) is 5.91 Å². The van der Waals surface area contributed by atoms with Gasteiger partial charge in [-0.2, -0.15) is 0 Å². The minimum atomic E-state index is -0.673. The SMILES string of the molecule is Cc1ccc2sc(N(Cc3ccccn3)C(=O)c3cc4ccccc4oc3=O)nc2c1C. The minimum absolute atomic E-state index is 0.0354. The lowest BCUT2D eigenvalue weighted by atomic mass is 10.1. The molecule has 0 N–H and O–H groups in total. The largest absolute Gasteiger partial charge is 0.422 e. The first kappa shape index (κ1) is 20.1. The Morgan fingerprint density at radius 1 is 1.06 bits per heavy atom. The van der Waals surface area contributed by atoms with Gasteiger partial charge in [0.15, 0.2) is 5.13 Å². The Kier molecular flexibility index (Phi) is 5.03. The fourth-order valence-corrected chi connectivity index (χ4v) is 4.59. The van der Waals surface area contributed by atoms with Crippen molar-refractivity contribution in [2.45, 2.75) is 20.4 Å². The summed E-state index contributed by atoms with van der Waals surface area (Å²) in [5.41, 5.74) is 3.48. The fraction of sp³-hybridized carbons (Fsp3) is 0.120. The van der Waals surface area contributed by atoms with Crippen molar-refractivity contribution in [3.8, 4) is 0 Å². The summed E-state index contributed by atoms with van der Waals surface area (Å²) in [4.78, 5) is 37.0. The molecule has 0 aliphatic heterocycles. The fourth-order valence-electron chi connectivity index (χ4n) is 3.57. The third kappa shape index (κ3) is 3.56. The molecule has 7 heteroatoms. The molecule has 0 saturated heterocycles. The number of aryl methyl sites for hydroxylation is 2. The van der Waals surface area contributed by atoms with Gasteiger partial charge in [0, 0.05) is 11.6 Å². The Balaban J connectivity index is 1.65. The molecule has 0 aliphatic rings. The highest BCUT2D eigenvalue weighted by Crippen LogP contribution is 2.33. The van der Waals surface area contributed by atoms with Gasteiger partial charge in [0.2, 0.25) is 0 Å². The van der Waals surface area contributed by atoms with E-state index in [0.29, 0.717) is 21.8 Å². The molecule has 3 aromatic heterocycles. The maximum Gasteiger partial charge on any atom is 0.349 e. The van der Waals surface area contributed by atoms with Crippen molar-refractivity contribution in [3.63, 3.8) is 0 Å². The Morgan fingerprint density at radius 3 is 2.69 bits per heavy atom. The number of carbonyl (C=O) groups is 1. The first-order valence-corrected chi connectivity index (χ1v) is 10.9. The summed E-state index contributed by atoms with van der Waals surface area (Å²) in [5, 5.41) is 1.20. The van der Waals surface area contributed by atoms with Crippen molar-refractivity contribution in [1.29, 1.82) is 0 Å². The van der Waals surface area contributed by atoms with Crippen molar-refractivity contribution < 1.29 is 9.21 Å². The summed E-state index contributed by atoms with van der Waals surface area (Å²) in [5.74, 6) is -0.469. The van der Waals surface area contributed by atoms with Gasteiger partial charge in [0.1, 0.15) is 11.1 Å². The van der Waals surface area contributed by atoms with E-state index in [-0.39, 0.29) is 12.1 Å². The summed E-state index contributed by atoms with van der Waals surface area (Å²) in [6, 6.07) is 18.3. The minimum Gasteiger partial charge on any atom is -0.422 e. The normalized spacial score (nSPS) is 11.2. The van der Waals surface area contributed by atoms with Crippen molar-refractivity contribution in [2.24, 2.45) is 0 Å². The summed E-state index contributed by atoms with van der Waals surface area (Å²) in [6.07, 6.45) is 1.67. The first-order chi connectivity index (χ1) is 15.5. The topological polar surface area (TPSA) is 76.3 Å². The molecule has 0 bridgehead atoms. The van der Waals surface area contributed by atoms with Crippen LogP contribution in [0, 0.1) is 13.8 Å². The van der Waals surface area contributed by atoms with E-state index in [1.165, 1.54) is 16.2 Å². The van der Waals surface area contributed by atoms with E-state index in [1.807, 2.05) is 56.3 Å². The molecule has 6 nitrogen and oxygen atoms in total. The molecule has 158 valence electrons. The van der Waals surface area contributed by atoms with Crippen LogP contribution in [0.1, 0.15) is 27.2 Å². The number of nitrogens with zero attached hydrogens (tertiary/aromatic N) is 3. The molecular formula is C25H19N3O3S. The number of benzene rings is 2. The first-order valence-electron chi connectivity index (χ1n) is 10.1. The molecule has 3 heterocycles. The number of thiazole rings is 1. The zero-order valence-electron chi connectivity index (χ0n) is 17.5. The highest BCUT2D eigenvalue weighted by Gasteiger charge is 2.26. The van der Waals surface area contributed by atoms with Crippen LogP contribution in [0.5, 0.6) is 0 Å². The van der Waals surface area contributed by atoms with Gasteiger partial charge in [-0.1, -0.05) is 41.7 Å². The number of hydrogen-bond donors (Lipinski definition) is 0. The number of fused-ring (bicyclic) bond motifs is 2. The van der Waals surface area contributed by atoms with Crippen LogP contribution in [-0.2, 0) is 6.54 Å². The zero-order valence-corrected chi connectivity index (χ0v) is 18.3. The van der Waals surface area contributed by atoms with E-state index in [9.17, 15) is 9.59 Å². The maximum atomic E-state index is 13.6. The summed E-state index contributed by atoms with van der Waals surface area (Å²) in [7, 11) is 0. The molecule has 5 aromatic rings. The van der Waals surface area contributed by atoms with Crippen LogP contribution < -0.4 is 10.5 Å². The number of hydrogen-bond acceptors (Lipinski definition) is 6. The third-order valence-electron chi connectivity index (χ3n) is 5.47. The monoisotopic (exact) mass is 441 g/mol. The van der Waals surface area contributed by atoms with Gasteiger partial charge in [-0.15, -0.1) is 0 Å². The average molecular weight is 442 g/mol. The molecule has 0 saturated carbocycles. The molecular weight excluding hydrogens is 422 g/mol. The number of carbonyl (C=O) groups excluding carboxylic acids is 1. The molecule has 32 heavy (non-hydrogen) atoms. The summed E-state index contributed by atoms with van der Waals surface area (Å²) >= 11 is 1.41. The van der Waals surface area contributed by atoms with Gasteiger partial charge in [0.05, 0.1) is 22.5 Å². The van der Waals surface area contributed by atoms with E-state index in [2.05, 4.69) is 4.98 Å². The van der Waals surface area contributed by atoms with Crippen molar-refractivity contribution in [2.75, 3.05) is 4.90 Å². The Hall–Kier alpha value is -3.84. The van der Waals surface area contributed by atoms with Crippen LogP contribution in [0.2, 0.25) is 0 Å². The zero-order chi connectivity index (χ0) is 22.2. The van der Waals surface area contributed by atoms with E-state index in [1.54, 1.807) is 24.4 Å². The molecule has 1 amide bonds. The van der Waals surface area contributed by atoms with Crippen molar-refractivity contribution in [3.05, 3.63) is 99.7 Å². The third-order valence-corrected chi connectivity index (χ3v) is 6.51. The standard InChI is InChI=1S/C25H19N3O3S/c1-15-10-11-21-22(16(15)2)27-25(32-21)28(14-18-8-5-6-12-26-18)23(29)19-13-17-7-3-4-9-20(17)31-24(19)30/h3-13H,14H2,1-2H3. The highest BCUT2D eigenvalue weighted by molar-refractivity contribution is 7.22. The quantitative estimate of drug-likeness (QED) is 0.356. The van der Waals surface area contributed by atoms with Crippen LogP contribution >= 0.6 is 11.3 Å². The van der Waals surface area contributed by atoms with Crippen LogP contribution in [-0.4, -0.2) is 15.9 Å². The molecule has 0 atom stereocenters. The van der Waals surface area contributed by atoms with Crippen LogP contribution in [0.15, 0.2) is 76.1 Å². The van der Waals surface area contributed by atoms with Gasteiger partial charge in [-0.25, -0.2) is 9.78 Å². The number of pyridine rings is 1. The predicted octanol–water partition coefficient (Wildman–Crippen LogP) is 5.26.